The Morgan fingerprint density at radius 3 is 1.67 bits per heavy atom. The van der Waals surface area contributed by atoms with Crippen LogP contribution in [0.1, 0.15) is 22.8 Å². The first-order valence-electron chi connectivity index (χ1n) is 7.49. The van der Waals surface area contributed by atoms with Gasteiger partial charge in [0.15, 0.2) is 10.3 Å². The third kappa shape index (κ3) is 5.01. The van der Waals surface area contributed by atoms with Gasteiger partial charge in [-0.15, -0.1) is 0 Å². The number of aryl methyl sites for hydroxylation is 2. The zero-order valence-corrected chi connectivity index (χ0v) is 15.1. The molecule has 3 heterocycles. The van der Waals surface area contributed by atoms with E-state index in [2.05, 4.69) is 19.9 Å². The molecule has 0 aliphatic carbocycles. The SMILES string of the molecule is Cc1ccnc(SCc2cccc(CSc3nccc(C)n3)n2)n1. The average molecular weight is 355 g/mol. The fourth-order valence-corrected chi connectivity index (χ4v) is 3.52. The Labute approximate surface area is 149 Å². The molecule has 0 aliphatic heterocycles. The molecule has 0 unspecified atom stereocenters. The first kappa shape index (κ1) is 16.9. The zero-order chi connectivity index (χ0) is 16.8. The Hall–Kier alpha value is -1.99. The molecule has 0 radical (unpaired) electrons. The first-order chi connectivity index (χ1) is 11.7. The van der Waals surface area contributed by atoms with E-state index in [1.165, 1.54) is 0 Å². The van der Waals surface area contributed by atoms with Crippen molar-refractivity contribution in [1.29, 1.82) is 0 Å². The van der Waals surface area contributed by atoms with Crippen LogP contribution in [0.5, 0.6) is 0 Å². The van der Waals surface area contributed by atoms with Crippen molar-refractivity contribution in [3.05, 3.63) is 65.5 Å². The number of rotatable bonds is 6. The second-order valence-electron chi connectivity index (χ2n) is 5.16. The molecule has 3 rings (SSSR count). The largest absolute Gasteiger partial charge is 0.256 e. The molecule has 0 N–H and O–H groups in total. The van der Waals surface area contributed by atoms with E-state index in [-0.39, 0.29) is 0 Å². The van der Waals surface area contributed by atoms with Gasteiger partial charge in [0, 0.05) is 35.3 Å². The summed E-state index contributed by atoms with van der Waals surface area (Å²) in [5.41, 5.74) is 3.99. The first-order valence-corrected chi connectivity index (χ1v) is 9.46. The van der Waals surface area contributed by atoms with Crippen LogP contribution in [0.4, 0.5) is 0 Å². The summed E-state index contributed by atoms with van der Waals surface area (Å²) < 4.78 is 0. The molecule has 0 spiro atoms. The minimum Gasteiger partial charge on any atom is -0.256 e. The van der Waals surface area contributed by atoms with Gasteiger partial charge in [-0.3, -0.25) is 4.98 Å². The van der Waals surface area contributed by atoms with E-state index < -0.39 is 0 Å². The Morgan fingerprint density at radius 2 is 1.21 bits per heavy atom. The summed E-state index contributed by atoms with van der Waals surface area (Å²) in [7, 11) is 0. The molecule has 0 atom stereocenters. The number of pyridine rings is 1. The molecule has 0 aliphatic rings. The third-order valence-corrected chi connectivity index (χ3v) is 4.90. The Bertz CT molecular complexity index is 761. The Kier molecular flexibility index (Phi) is 5.77. The van der Waals surface area contributed by atoms with E-state index in [0.717, 1.165) is 44.6 Å². The average Bonchev–Trinajstić information content (AvgIpc) is 2.59. The van der Waals surface area contributed by atoms with E-state index in [9.17, 15) is 0 Å². The van der Waals surface area contributed by atoms with Crippen LogP contribution >= 0.6 is 23.5 Å². The van der Waals surface area contributed by atoms with Gasteiger partial charge in [-0.2, -0.15) is 0 Å². The predicted octanol–water partition coefficient (Wildman–Crippen LogP) is 3.86. The van der Waals surface area contributed by atoms with Crippen LogP contribution in [0.2, 0.25) is 0 Å². The van der Waals surface area contributed by atoms with Crippen LogP contribution < -0.4 is 0 Å². The topological polar surface area (TPSA) is 64.5 Å². The maximum absolute atomic E-state index is 4.69. The van der Waals surface area contributed by atoms with Gasteiger partial charge in [-0.1, -0.05) is 29.6 Å². The molecule has 122 valence electrons. The summed E-state index contributed by atoms with van der Waals surface area (Å²) in [6, 6.07) is 9.88. The van der Waals surface area contributed by atoms with Crippen LogP contribution in [0, 0.1) is 13.8 Å². The van der Waals surface area contributed by atoms with Gasteiger partial charge in [-0.25, -0.2) is 19.9 Å². The van der Waals surface area contributed by atoms with E-state index >= 15 is 0 Å². The van der Waals surface area contributed by atoms with Gasteiger partial charge in [0.2, 0.25) is 0 Å². The molecule has 0 saturated carbocycles. The van der Waals surface area contributed by atoms with Crippen molar-refractivity contribution in [3.63, 3.8) is 0 Å². The monoisotopic (exact) mass is 355 g/mol. The highest BCUT2D eigenvalue weighted by Crippen LogP contribution is 2.21. The number of hydrogen-bond acceptors (Lipinski definition) is 7. The lowest BCUT2D eigenvalue weighted by molar-refractivity contribution is 0.928. The van der Waals surface area contributed by atoms with E-state index in [1.54, 1.807) is 35.9 Å². The standard InChI is InChI=1S/C17H17N5S2/c1-12-6-8-18-16(20-12)23-10-14-4-3-5-15(22-14)11-24-17-19-9-7-13(2)21-17/h3-9H,10-11H2,1-2H3. The molecular formula is C17H17N5S2. The number of hydrogen-bond donors (Lipinski definition) is 0. The van der Waals surface area contributed by atoms with Gasteiger partial charge >= 0.3 is 0 Å². The van der Waals surface area contributed by atoms with Crippen LogP contribution in [0.25, 0.3) is 0 Å². The van der Waals surface area contributed by atoms with Gasteiger partial charge in [0.1, 0.15) is 0 Å². The molecule has 5 nitrogen and oxygen atoms in total. The molecule has 3 aromatic heterocycles. The van der Waals surface area contributed by atoms with Crippen LogP contribution in [0.3, 0.4) is 0 Å². The van der Waals surface area contributed by atoms with E-state index in [4.69, 9.17) is 4.98 Å². The lowest BCUT2D eigenvalue weighted by Crippen LogP contribution is -1.95. The Balaban J connectivity index is 1.59. The van der Waals surface area contributed by atoms with Crippen LogP contribution in [-0.2, 0) is 11.5 Å². The Morgan fingerprint density at radius 1 is 0.708 bits per heavy atom. The van der Waals surface area contributed by atoms with E-state index in [0.29, 0.717) is 0 Å². The van der Waals surface area contributed by atoms with Gasteiger partial charge < -0.3 is 0 Å². The van der Waals surface area contributed by atoms with Gasteiger partial charge in [-0.05, 0) is 38.1 Å². The maximum atomic E-state index is 4.69. The summed E-state index contributed by atoms with van der Waals surface area (Å²) in [6.45, 7) is 3.93. The van der Waals surface area contributed by atoms with Gasteiger partial charge in [0.25, 0.3) is 0 Å². The van der Waals surface area contributed by atoms with E-state index in [1.807, 2.05) is 44.2 Å². The normalized spacial score (nSPS) is 10.8. The minimum atomic E-state index is 0.753. The molecule has 3 aromatic rings. The predicted molar refractivity (Wildman–Crippen MR) is 96.9 cm³/mol. The molecule has 7 heteroatoms. The summed E-state index contributed by atoms with van der Waals surface area (Å²) in [5, 5.41) is 1.56. The second kappa shape index (κ2) is 8.21. The molecule has 0 amide bonds. The van der Waals surface area contributed by atoms with Crippen molar-refractivity contribution in [2.45, 2.75) is 35.7 Å². The van der Waals surface area contributed by atoms with Crippen molar-refractivity contribution in [1.82, 2.24) is 24.9 Å². The number of aromatic nitrogens is 5. The number of nitrogens with zero attached hydrogens (tertiary/aromatic N) is 5. The highest BCUT2D eigenvalue weighted by Gasteiger charge is 2.04. The highest BCUT2D eigenvalue weighted by atomic mass is 32.2. The maximum Gasteiger partial charge on any atom is 0.188 e. The summed E-state index contributed by atoms with van der Waals surface area (Å²) in [6.07, 6.45) is 3.57. The van der Waals surface area contributed by atoms with Crippen molar-refractivity contribution in [2.75, 3.05) is 0 Å². The van der Waals surface area contributed by atoms with Crippen molar-refractivity contribution in [2.24, 2.45) is 0 Å². The minimum absolute atomic E-state index is 0.753. The molecule has 0 bridgehead atoms. The fraction of sp³-hybridized carbons (Fsp3) is 0.235. The molecule has 0 fully saturated rings. The summed E-state index contributed by atoms with van der Waals surface area (Å²) in [4.78, 5) is 22.0. The molecular weight excluding hydrogens is 338 g/mol. The summed E-state index contributed by atoms with van der Waals surface area (Å²) >= 11 is 3.19. The highest BCUT2D eigenvalue weighted by molar-refractivity contribution is 7.98. The summed E-state index contributed by atoms with van der Waals surface area (Å²) in [5.74, 6) is 1.51. The molecule has 0 saturated heterocycles. The second-order valence-corrected chi connectivity index (χ2v) is 7.04. The van der Waals surface area contributed by atoms with Crippen molar-refractivity contribution < 1.29 is 0 Å². The fourth-order valence-electron chi connectivity index (χ4n) is 1.96. The van der Waals surface area contributed by atoms with Crippen LogP contribution in [0.15, 0.2) is 53.0 Å². The molecule has 24 heavy (non-hydrogen) atoms. The lowest BCUT2D eigenvalue weighted by atomic mass is 10.3. The van der Waals surface area contributed by atoms with Crippen molar-refractivity contribution >= 4 is 23.5 Å². The van der Waals surface area contributed by atoms with Crippen molar-refractivity contribution in [3.8, 4) is 0 Å². The number of thioether (sulfide) groups is 2. The lowest BCUT2D eigenvalue weighted by Gasteiger charge is -2.04. The zero-order valence-electron chi connectivity index (χ0n) is 13.5. The van der Waals surface area contributed by atoms with Gasteiger partial charge in [0.05, 0.1) is 11.4 Å². The van der Waals surface area contributed by atoms with Crippen LogP contribution in [-0.4, -0.2) is 24.9 Å². The molecule has 0 aromatic carbocycles. The smallest absolute Gasteiger partial charge is 0.188 e. The third-order valence-electron chi connectivity index (χ3n) is 3.11. The quantitative estimate of drug-likeness (QED) is 0.491.